The molecular formula is C7H9N5O2. The SMILES string of the molecule is Cc1cnc(CNc2nnc(N)o2)o1. The second-order valence-corrected chi connectivity index (χ2v) is 2.66. The summed E-state index contributed by atoms with van der Waals surface area (Å²) in [7, 11) is 0. The minimum Gasteiger partial charge on any atom is -0.444 e. The number of hydrogen-bond donors (Lipinski definition) is 2. The van der Waals surface area contributed by atoms with Crippen LogP contribution in [0.15, 0.2) is 15.0 Å². The molecule has 2 aromatic heterocycles. The molecule has 2 rings (SSSR count). The number of nitrogens with two attached hydrogens (primary N) is 1. The Morgan fingerprint density at radius 1 is 1.43 bits per heavy atom. The first-order chi connectivity index (χ1) is 6.74. The van der Waals surface area contributed by atoms with Crippen molar-refractivity contribution in [1.29, 1.82) is 0 Å². The van der Waals surface area contributed by atoms with Gasteiger partial charge < -0.3 is 19.9 Å². The van der Waals surface area contributed by atoms with Gasteiger partial charge >= 0.3 is 12.0 Å². The number of aromatic nitrogens is 3. The van der Waals surface area contributed by atoms with Gasteiger partial charge in [0.05, 0.1) is 12.7 Å². The Bertz CT molecular complexity index is 381. The van der Waals surface area contributed by atoms with Crippen LogP contribution in [0.1, 0.15) is 11.7 Å². The van der Waals surface area contributed by atoms with Crippen LogP contribution in [0.2, 0.25) is 0 Å². The lowest BCUT2D eigenvalue weighted by atomic mass is 10.6. The second kappa shape index (κ2) is 3.36. The van der Waals surface area contributed by atoms with E-state index in [9.17, 15) is 0 Å². The van der Waals surface area contributed by atoms with Crippen molar-refractivity contribution in [2.45, 2.75) is 13.5 Å². The van der Waals surface area contributed by atoms with Gasteiger partial charge in [-0.1, -0.05) is 10.2 Å². The van der Waals surface area contributed by atoms with Crippen LogP contribution >= 0.6 is 0 Å². The third-order valence-electron chi connectivity index (χ3n) is 1.50. The zero-order chi connectivity index (χ0) is 9.97. The van der Waals surface area contributed by atoms with Crippen molar-refractivity contribution in [2.24, 2.45) is 0 Å². The topological polar surface area (TPSA) is 103 Å². The third kappa shape index (κ3) is 1.82. The van der Waals surface area contributed by atoms with Gasteiger partial charge in [-0.15, -0.1) is 0 Å². The molecule has 3 N–H and O–H groups in total. The maximum atomic E-state index is 5.23. The average Bonchev–Trinajstić information content (AvgIpc) is 2.72. The first-order valence-corrected chi connectivity index (χ1v) is 3.98. The van der Waals surface area contributed by atoms with Crippen molar-refractivity contribution in [3.63, 3.8) is 0 Å². The van der Waals surface area contributed by atoms with Crippen LogP contribution in [0.5, 0.6) is 0 Å². The van der Waals surface area contributed by atoms with Crippen LogP contribution in [0.25, 0.3) is 0 Å². The van der Waals surface area contributed by atoms with E-state index in [0.717, 1.165) is 5.76 Å². The Labute approximate surface area is 79.3 Å². The van der Waals surface area contributed by atoms with Crippen LogP contribution in [0, 0.1) is 6.92 Å². The summed E-state index contributed by atoms with van der Waals surface area (Å²) in [6.45, 7) is 2.21. The highest BCUT2D eigenvalue weighted by atomic mass is 16.4. The summed E-state index contributed by atoms with van der Waals surface area (Å²) in [5.74, 6) is 1.31. The monoisotopic (exact) mass is 195 g/mol. The Morgan fingerprint density at radius 3 is 2.86 bits per heavy atom. The number of anilines is 2. The first kappa shape index (κ1) is 8.54. The zero-order valence-electron chi connectivity index (χ0n) is 7.52. The predicted octanol–water partition coefficient (Wildman–Crippen LogP) is 0.560. The molecule has 2 aromatic rings. The molecule has 0 aliphatic rings. The van der Waals surface area contributed by atoms with Crippen molar-refractivity contribution in [3.05, 3.63) is 17.8 Å². The molecule has 0 atom stereocenters. The zero-order valence-corrected chi connectivity index (χ0v) is 7.52. The van der Waals surface area contributed by atoms with E-state index in [0.29, 0.717) is 12.4 Å². The molecule has 14 heavy (non-hydrogen) atoms. The molecule has 74 valence electrons. The van der Waals surface area contributed by atoms with Crippen molar-refractivity contribution in [3.8, 4) is 0 Å². The van der Waals surface area contributed by atoms with Gasteiger partial charge in [-0.05, 0) is 6.92 Å². The summed E-state index contributed by atoms with van der Waals surface area (Å²) < 4.78 is 10.1. The second-order valence-electron chi connectivity index (χ2n) is 2.66. The highest BCUT2D eigenvalue weighted by Crippen LogP contribution is 2.08. The summed E-state index contributed by atoms with van der Waals surface area (Å²) in [5, 5.41) is 9.92. The lowest BCUT2D eigenvalue weighted by Gasteiger charge is -1.94. The minimum atomic E-state index is 0.0242. The van der Waals surface area contributed by atoms with Crippen molar-refractivity contribution in [2.75, 3.05) is 11.1 Å². The number of rotatable bonds is 3. The molecule has 0 aliphatic carbocycles. The molecule has 2 heterocycles. The minimum absolute atomic E-state index is 0.0242. The normalized spacial score (nSPS) is 10.4. The van der Waals surface area contributed by atoms with E-state index >= 15 is 0 Å². The van der Waals surface area contributed by atoms with Crippen molar-refractivity contribution >= 4 is 12.0 Å². The molecule has 0 spiro atoms. The van der Waals surface area contributed by atoms with Gasteiger partial charge in [0.1, 0.15) is 5.76 Å². The summed E-state index contributed by atoms with van der Waals surface area (Å²) in [4.78, 5) is 3.99. The summed E-state index contributed by atoms with van der Waals surface area (Å²) in [6, 6.07) is 0.273. The third-order valence-corrected chi connectivity index (χ3v) is 1.50. The number of nitrogen functional groups attached to an aromatic ring is 1. The van der Waals surface area contributed by atoms with E-state index in [1.54, 1.807) is 6.20 Å². The van der Waals surface area contributed by atoms with Crippen molar-refractivity contribution in [1.82, 2.24) is 15.2 Å². The van der Waals surface area contributed by atoms with E-state index in [4.69, 9.17) is 14.6 Å². The van der Waals surface area contributed by atoms with Crippen molar-refractivity contribution < 1.29 is 8.83 Å². The van der Waals surface area contributed by atoms with Crippen LogP contribution in [-0.2, 0) is 6.54 Å². The molecule has 7 nitrogen and oxygen atoms in total. The fourth-order valence-electron chi connectivity index (χ4n) is 0.940. The molecule has 0 unspecified atom stereocenters. The summed E-state index contributed by atoms with van der Waals surface area (Å²) in [6.07, 6.45) is 1.64. The molecular weight excluding hydrogens is 186 g/mol. The van der Waals surface area contributed by atoms with Gasteiger partial charge in [0, 0.05) is 0 Å². The number of nitrogens with zero attached hydrogens (tertiary/aromatic N) is 3. The van der Waals surface area contributed by atoms with Gasteiger partial charge in [0.2, 0.25) is 5.89 Å². The quantitative estimate of drug-likeness (QED) is 0.737. The molecule has 0 radical (unpaired) electrons. The smallest absolute Gasteiger partial charge is 0.317 e. The Morgan fingerprint density at radius 2 is 2.29 bits per heavy atom. The number of aryl methyl sites for hydroxylation is 1. The molecule has 0 fully saturated rings. The highest BCUT2D eigenvalue weighted by Gasteiger charge is 2.04. The molecule has 0 saturated carbocycles. The van der Waals surface area contributed by atoms with Gasteiger partial charge in [-0.2, -0.15) is 0 Å². The molecule has 0 amide bonds. The lowest BCUT2D eigenvalue weighted by Crippen LogP contribution is -1.99. The Hall–Kier alpha value is -2.05. The number of oxazole rings is 1. The van der Waals surface area contributed by atoms with E-state index < -0.39 is 0 Å². The molecule has 7 heteroatoms. The fraction of sp³-hybridized carbons (Fsp3) is 0.286. The van der Waals surface area contributed by atoms with Crippen LogP contribution in [0.3, 0.4) is 0 Å². The molecule has 0 aromatic carbocycles. The standard InChI is InChI=1S/C7H9N5O2/c1-4-2-9-5(13-4)3-10-7-12-11-6(8)14-7/h2H,3H2,1H3,(H2,8,11)(H,10,12). The van der Waals surface area contributed by atoms with Gasteiger partial charge in [-0.3, -0.25) is 0 Å². The fourth-order valence-corrected chi connectivity index (χ4v) is 0.940. The van der Waals surface area contributed by atoms with E-state index in [1.165, 1.54) is 0 Å². The van der Waals surface area contributed by atoms with Crippen LogP contribution in [-0.4, -0.2) is 15.2 Å². The number of nitrogens with one attached hydrogen (secondary N) is 1. The van der Waals surface area contributed by atoms with Gasteiger partial charge in [-0.25, -0.2) is 4.98 Å². The Kier molecular flexibility index (Phi) is 2.05. The highest BCUT2D eigenvalue weighted by molar-refractivity contribution is 5.22. The molecule has 0 saturated heterocycles. The summed E-state index contributed by atoms with van der Waals surface area (Å²) >= 11 is 0. The molecule has 0 bridgehead atoms. The largest absolute Gasteiger partial charge is 0.444 e. The van der Waals surface area contributed by atoms with Crippen LogP contribution < -0.4 is 11.1 Å². The number of hydrogen-bond acceptors (Lipinski definition) is 7. The maximum Gasteiger partial charge on any atom is 0.317 e. The van der Waals surface area contributed by atoms with E-state index in [1.807, 2.05) is 6.92 Å². The average molecular weight is 195 g/mol. The lowest BCUT2D eigenvalue weighted by molar-refractivity contribution is 0.475. The molecule has 0 aliphatic heterocycles. The van der Waals surface area contributed by atoms with Gasteiger partial charge in [0.25, 0.3) is 0 Å². The van der Waals surface area contributed by atoms with Gasteiger partial charge in [0.15, 0.2) is 0 Å². The van der Waals surface area contributed by atoms with E-state index in [2.05, 4.69) is 20.5 Å². The Balaban J connectivity index is 1.94. The predicted molar refractivity (Wildman–Crippen MR) is 47.3 cm³/mol. The first-order valence-electron chi connectivity index (χ1n) is 3.98. The van der Waals surface area contributed by atoms with E-state index in [-0.39, 0.29) is 12.0 Å². The summed E-state index contributed by atoms with van der Waals surface area (Å²) in [5.41, 5.74) is 5.23. The maximum absolute atomic E-state index is 5.23. The van der Waals surface area contributed by atoms with Crippen LogP contribution in [0.4, 0.5) is 12.0 Å².